The number of benzene rings is 4. The summed E-state index contributed by atoms with van der Waals surface area (Å²) >= 11 is 0. The Hall–Kier alpha value is -3.55. The molecule has 1 aromatic heterocycles. The maximum Gasteiger partial charge on any atom is 0.143 e. The van der Waals surface area contributed by atoms with E-state index in [9.17, 15) is 0 Å². The fourth-order valence-corrected chi connectivity index (χ4v) is 6.87. The number of fused-ring (bicyclic) bond motifs is 3. The molecular formula is C32H32N3P. The maximum absolute atomic E-state index is 2.66. The number of anilines is 2. The standard InChI is InChI=1S/C32H32N3P/c1-24(22-26-14-6-3-7-15-26)34-31-29-20-12-13-21-30(29)33(28-18-10-5-11-19-28)32(31)35(36-34)25(2)23-27-16-8-4-9-17-27/h3-21,24-25,36H,22-23H2,1-2H3/t24-,25-/m0/s1. The van der Waals surface area contributed by atoms with Gasteiger partial charge in [-0.05, 0) is 56.0 Å². The lowest BCUT2D eigenvalue weighted by molar-refractivity contribution is 0.728. The molecule has 1 aliphatic heterocycles. The van der Waals surface area contributed by atoms with Crippen LogP contribution in [0.1, 0.15) is 25.0 Å². The first-order chi connectivity index (χ1) is 17.7. The lowest BCUT2D eigenvalue weighted by Crippen LogP contribution is -2.31. The molecule has 3 atom stereocenters. The molecule has 0 spiro atoms. The molecule has 3 nitrogen and oxygen atoms in total. The van der Waals surface area contributed by atoms with Crippen LogP contribution in [0.5, 0.6) is 0 Å². The summed E-state index contributed by atoms with van der Waals surface area (Å²) in [6.07, 6.45) is 2.05. The topological polar surface area (TPSA) is 11.4 Å². The summed E-state index contributed by atoms with van der Waals surface area (Å²) in [7, 11) is 0.567. The molecule has 1 aliphatic rings. The minimum atomic E-state index is 0.366. The van der Waals surface area contributed by atoms with Gasteiger partial charge in [-0.15, -0.1) is 0 Å². The first-order valence-electron chi connectivity index (χ1n) is 12.8. The van der Waals surface area contributed by atoms with Crippen LogP contribution in [0.15, 0.2) is 115 Å². The monoisotopic (exact) mass is 489 g/mol. The van der Waals surface area contributed by atoms with Crippen LogP contribution < -0.4 is 9.34 Å². The second-order valence-electron chi connectivity index (χ2n) is 9.78. The van der Waals surface area contributed by atoms with Gasteiger partial charge in [0.15, 0.2) is 0 Å². The molecule has 180 valence electrons. The highest BCUT2D eigenvalue weighted by molar-refractivity contribution is 7.43. The molecule has 0 bridgehead atoms. The van der Waals surface area contributed by atoms with Gasteiger partial charge >= 0.3 is 0 Å². The second-order valence-corrected chi connectivity index (χ2v) is 10.9. The van der Waals surface area contributed by atoms with E-state index < -0.39 is 0 Å². The van der Waals surface area contributed by atoms with E-state index >= 15 is 0 Å². The quantitative estimate of drug-likeness (QED) is 0.214. The van der Waals surface area contributed by atoms with E-state index in [1.807, 2.05) is 0 Å². The summed E-state index contributed by atoms with van der Waals surface area (Å²) in [5.74, 6) is 1.32. The molecule has 0 saturated heterocycles. The fourth-order valence-electron chi connectivity index (χ4n) is 5.44. The molecule has 6 rings (SSSR count). The van der Waals surface area contributed by atoms with Crippen LogP contribution in [-0.2, 0) is 12.8 Å². The van der Waals surface area contributed by atoms with Gasteiger partial charge in [-0.1, -0.05) is 97.1 Å². The Morgan fingerprint density at radius 2 is 1.08 bits per heavy atom. The van der Waals surface area contributed by atoms with E-state index in [0.717, 1.165) is 12.8 Å². The molecule has 0 amide bonds. The zero-order valence-electron chi connectivity index (χ0n) is 20.9. The zero-order valence-corrected chi connectivity index (χ0v) is 21.9. The SMILES string of the molecule is C[C@@H](Cc1ccccc1)N1PN([C@@H](C)Cc2ccccc2)c2c1c1ccccc1n2-c1ccccc1. The predicted molar refractivity (Wildman–Crippen MR) is 156 cm³/mol. The first-order valence-corrected chi connectivity index (χ1v) is 13.7. The fraction of sp³-hybridized carbons (Fsp3) is 0.188. The summed E-state index contributed by atoms with van der Waals surface area (Å²) < 4.78 is 7.79. The molecule has 0 radical (unpaired) electrons. The molecule has 4 aromatic carbocycles. The van der Waals surface area contributed by atoms with Gasteiger partial charge in [-0.25, -0.2) is 0 Å². The van der Waals surface area contributed by atoms with Gasteiger partial charge in [0.2, 0.25) is 0 Å². The van der Waals surface area contributed by atoms with Crippen LogP contribution >= 0.6 is 8.88 Å². The van der Waals surface area contributed by atoms with E-state index in [4.69, 9.17) is 0 Å². The van der Waals surface area contributed by atoms with Crippen molar-refractivity contribution in [1.82, 2.24) is 4.57 Å². The lowest BCUT2D eigenvalue weighted by Gasteiger charge is -2.31. The van der Waals surface area contributed by atoms with Crippen LogP contribution in [0.3, 0.4) is 0 Å². The summed E-state index contributed by atoms with van der Waals surface area (Å²) in [4.78, 5) is 0. The molecule has 4 heteroatoms. The summed E-state index contributed by atoms with van der Waals surface area (Å²) in [5, 5.41) is 1.33. The number of nitrogens with zero attached hydrogens (tertiary/aromatic N) is 3. The van der Waals surface area contributed by atoms with E-state index in [1.165, 1.54) is 39.2 Å². The molecule has 0 saturated carbocycles. The molecule has 0 aliphatic carbocycles. The van der Waals surface area contributed by atoms with Crippen LogP contribution in [0.4, 0.5) is 11.5 Å². The molecular weight excluding hydrogens is 457 g/mol. The predicted octanol–water partition coefficient (Wildman–Crippen LogP) is 8.03. The first kappa shape index (κ1) is 22.9. The minimum Gasteiger partial charge on any atom is -0.329 e. The Kier molecular flexibility index (Phi) is 6.25. The van der Waals surface area contributed by atoms with Crippen LogP contribution in [0, 0.1) is 0 Å². The van der Waals surface area contributed by atoms with Gasteiger partial charge in [-0.2, -0.15) is 0 Å². The molecule has 0 N–H and O–H groups in total. The second kappa shape index (κ2) is 9.84. The average Bonchev–Trinajstić information content (AvgIpc) is 3.46. The van der Waals surface area contributed by atoms with Crippen molar-refractivity contribution in [1.29, 1.82) is 0 Å². The van der Waals surface area contributed by atoms with Crippen molar-refractivity contribution in [3.63, 3.8) is 0 Å². The highest BCUT2D eigenvalue weighted by atomic mass is 31.1. The normalized spacial score (nSPS) is 15.4. The Bertz CT molecular complexity index is 1450. The molecule has 0 fully saturated rings. The van der Waals surface area contributed by atoms with Gasteiger partial charge < -0.3 is 9.34 Å². The Morgan fingerprint density at radius 3 is 1.69 bits per heavy atom. The van der Waals surface area contributed by atoms with Gasteiger partial charge in [-0.3, -0.25) is 4.57 Å². The highest BCUT2D eigenvalue weighted by Gasteiger charge is 2.38. The summed E-state index contributed by atoms with van der Waals surface area (Å²) in [6.45, 7) is 4.76. The van der Waals surface area contributed by atoms with E-state index in [2.05, 4.69) is 143 Å². The Morgan fingerprint density at radius 1 is 0.583 bits per heavy atom. The Labute approximate surface area is 215 Å². The van der Waals surface area contributed by atoms with E-state index in [0.29, 0.717) is 21.0 Å². The van der Waals surface area contributed by atoms with Crippen molar-refractivity contribution in [3.05, 3.63) is 126 Å². The highest BCUT2D eigenvalue weighted by Crippen LogP contribution is 2.56. The van der Waals surface area contributed by atoms with Crippen molar-refractivity contribution in [2.24, 2.45) is 0 Å². The molecule has 1 unspecified atom stereocenters. The number of para-hydroxylation sites is 2. The number of hydrogen-bond donors (Lipinski definition) is 0. The zero-order chi connectivity index (χ0) is 24.5. The maximum atomic E-state index is 2.66. The van der Waals surface area contributed by atoms with Crippen molar-refractivity contribution in [2.45, 2.75) is 38.8 Å². The van der Waals surface area contributed by atoms with Gasteiger partial charge in [0.05, 0.1) is 20.1 Å². The third-order valence-electron chi connectivity index (χ3n) is 7.15. The molecule has 36 heavy (non-hydrogen) atoms. The summed E-state index contributed by atoms with van der Waals surface area (Å²) in [5.41, 5.74) is 6.63. The van der Waals surface area contributed by atoms with Crippen molar-refractivity contribution in [2.75, 3.05) is 9.34 Å². The van der Waals surface area contributed by atoms with Gasteiger partial charge in [0.25, 0.3) is 0 Å². The van der Waals surface area contributed by atoms with E-state index in [1.54, 1.807) is 0 Å². The smallest absolute Gasteiger partial charge is 0.143 e. The number of aromatic nitrogens is 1. The number of hydrogen-bond acceptors (Lipinski definition) is 2. The number of rotatable bonds is 7. The largest absolute Gasteiger partial charge is 0.329 e. The van der Waals surface area contributed by atoms with Crippen LogP contribution in [-0.4, -0.2) is 16.7 Å². The minimum absolute atomic E-state index is 0.366. The van der Waals surface area contributed by atoms with Crippen molar-refractivity contribution < 1.29 is 0 Å². The summed E-state index contributed by atoms with van der Waals surface area (Å²) in [6, 6.07) is 42.3. The van der Waals surface area contributed by atoms with Gasteiger partial charge in [0.1, 0.15) is 5.82 Å². The van der Waals surface area contributed by atoms with Crippen LogP contribution in [0.2, 0.25) is 0 Å². The third kappa shape index (κ3) is 4.18. The van der Waals surface area contributed by atoms with E-state index in [-0.39, 0.29) is 0 Å². The third-order valence-corrected chi connectivity index (χ3v) is 8.90. The molecule has 5 aromatic rings. The van der Waals surface area contributed by atoms with Gasteiger partial charge in [0, 0.05) is 23.2 Å². The lowest BCUT2D eigenvalue weighted by atomic mass is 10.1. The van der Waals surface area contributed by atoms with Crippen molar-refractivity contribution in [3.8, 4) is 5.69 Å². The average molecular weight is 490 g/mol. The Balaban J connectivity index is 1.48. The molecule has 2 heterocycles. The van der Waals surface area contributed by atoms with Crippen LogP contribution in [0.25, 0.3) is 16.6 Å². The van der Waals surface area contributed by atoms with Crippen molar-refractivity contribution >= 4 is 31.3 Å².